The van der Waals surface area contributed by atoms with Gasteiger partial charge in [-0.1, -0.05) is 25.4 Å². The second-order valence-corrected chi connectivity index (χ2v) is 3.10. The van der Waals surface area contributed by atoms with Crippen molar-refractivity contribution in [3.05, 3.63) is 22.5 Å². The maximum absolute atomic E-state index is 8.56. The van der Waals surface area contributed by atoms with Crippen molar-refractivity contribution in [2.24, 2.45) is 0 Å². The molecule has 0 aliphatic rings. The molecule has 1 aromatic heterocycles. The topological polar surface area (TPSA) is 39.6 Å². The van der Waals surface area contributed by atoms with Crippen molar-refractivity contribution >= 4 is 11.6 Å². The number of nitrogens with one attached hydrogen (secondary N) is 1. The van der Waals surface area contributed by atoms with Crippen molar-refractivity contribution in [1.82, 2.24) is 4.98 Å². The van der Waals surface area contributed by atoms with Gasteiger partial charge in [-0.25, -0.2) is 0 Å². The first-order chi connectivity index (χ1) is 5.15. The van der Waals surface area contributed by atoms with E-state index in [4.69, 9.17) is 16.9 Å². The van der Waals surface area contributed by atoms with Gasteiger partial charge in [0.05, 0.1) is 5.56 Å². The second-order valence-electron chi connectivity index (χ2n) is 2.72. The minimum absolute atomic E-state index is 0.384. The van der Waals surface area contributed by atoms with Crippen LogP contribution in [0.15, 0.2) is 6.07 Å². The number of rotatable bonds is 1. The summed E-state index contributed by atoms with van der Waals surface area (Å²) in [4.78, 5) is 2.94. The molecule has 0 radical (unpaired) electrons. The first-order valence-electron chi connectivity index (χ1n) is 3.43. The molecule has 1 rings (SSSR count). The number of halogens is 1. The van der Waals surface area contributed by atoms with Gasteiger partial charge in [0, 0.05) is 5.69 Å². The van der Waals surface area contributed by atoms with Crippen LogP contribution in [-0.4, -0.2) is 4.98 Å². The summed E-state index contributed by atoms with van der Waals surface area (Å²) in [6.07, 6.45) is 0. The fraction of sp³-hybridized carbons (Fsp3) is 0.375. The lowest BCUT2D eigenvalue weighted by Crippen LogP contribution is -1.84. The lowest BCUT2D eigenvalue weighted by atomic mass is 10.1. The third-order valence-electron chi connectivity index (χ3n) is 1.53. The van der Waals surface area contributed by atoms with Crippen molar-refractivity contribution < 1.29 is 0 Å². The third-order valence-corrected chi connectivity index (χ3v) is 1.83. The summed E-state index contributed by atoms with van der Waals surface area (Å²) >= 11 is 5.71. The van der Waals surface area contributed by atoms with Gasteiger partial charge in [0.25, 0.3) is 0 Å². The molecule has 0 amide bonds. The summed E-state index contributed by atoms with van der Waals surface area (Å²) in [5.41, 5.74) is 1.53. The van der Waals surface area contributed by atoms with Crippen molar-refractivity contribution in [2.45, 2.75) is 19.8 Å². The average Bonchev–Trinajstić information content (AvgIpc) is 2.31. The fourth-order valence-electron chi connectivity index (χ4n) is 0.841. The van der Waals surface area contributed by atoms with Crippen LogP contribution in [0.3, 0.4) is 0 Å². The molecule has 0 spiro atoms. The highest BCUT2D eigenvalue weighted by Crippen LogP contribution is 2.20. The molecule has 0 aliphatic carbocycles. The molecule has 1 heterocycles. The molecule has 0 fully saturated rings. The SMILES string of the molecule is CC(C)c1cc(C#N)c(Cl)[nH]1. The van der Waals surface area contributed by atoms with Crippen molar-refractivity contribution in [2.75, 3.05) is 0 Å². The lowest BCUT2D eigenvalue weighted by Gasteiger charge is -1.97. The highest BCUT2D eigenvalue weighted by molar-refractivity contribution is 6.30. The van der Waals surface area contributed by atoms with E-state index in [9.17, 15) is 0 Å². The van der Waals surface area contributed by atoms with Crippen LogP contribution in [-0.2, 0) is 0 Å². The molecule has 1 aromatic rings. The van der Waals surface area contributed by atoms with Crippen molar-refractivity contribution in [3.63, 3.8) is 0 Å². The number of nitrogens with zero attached hydrogens (tertiary/aromatic N) is 1. The monoisotopic (exact) mass is 168 g/mol. The molecule has 0 saturated carbocycles. The molecule has 3 heteroatoms. The number of aromatic amines is 1. The van der Waals surface area contributed by atoms with Gasteiger partial charge in [-0.2, -0.15) is 5.26 Å². The molecular weight excluding hydrogens is 160 g/mol. The Morgan fingerprint density at radius 1 is 1.64 bits per heavy atom. The predicted molar refractivity (Wildman–Crippen MR) is 44.6 cm³/mol. The van der Waals surface area contributed by atoms with Crippen molar-refractivity contribution in [3.8, 4) is 6.07 Å². The second kappa shape index (κ2) is 2.98. The van der Waals surface area contributed by atoms with E-state index in [-0.39, 0.29) is 0 Å². The summed E-state index contributed by atoms with van der Waals surface area (Å²) in [6.45, 7) is 4.09. The van der Waals surface area contributed by atoms with Crippen LogP contribution in [0.1, 0.15) is 31.0 Å². The van der Waals surface area contributed by atoms with Gasteiger partial charge in [-0.05, 0) is 12.0 Å². The number of hydrogen-bond donors (Lipinski definition) is 1. The van der Waals surface area contributed by atoms with Crippen LogP contribution in [0, 0.1) is 11.3 Å². The Kier molecular flexibility index (Phi) is 2.21. The van der Waals surface area contributed by atoms with Crippen LogP contribution in [0.25, 0.3) is 0 Å². The van der Waals surface area contributed by atoms with E-state index in [1.54, 1.807) is 6.07 Å². The number of nitriles is 1. The van der Waals surface area contributed by atoms with Gasteiger partial charge in [0.2, 0.25) is 0 Å². The van der Waals surface area contributed by atoms with Crippen LogP contribution >= 0.6 is 11.6 Å². The smallest absolute Gasteiger partial charge is 0.124 e. The number of H-pyrrole nitrogens is 1. The molecule has 0 unspecified atom stereocenters. The minimum atomic E-state index is 0.384. The van der Waals surface area contributed by atoms with Gasteiger partial charge in [0.15, 0.2) is 0 Å². The van der Waals surface area contributed by atoms with Crippen LogP contribution < -0.4 is 0 Å². The first-order valence-corrected chi connectivity index (χ1v) is 3.81. The third kappa shape index (κ3) is 1.55. The lowest BCUT2D eigenvalue weighted by molar-refractivity contribution is 0.833. The van der Waals surface area contributed by atoms with Gasteiger partial charge >= 0.3 is 0 Å². The van der Waals surface area contributed by atoms with Gasteiger partial charge in [0.1, 0.15) is 11.2 Å². The molecule has 0 aliphatic heterocycles. The largest absolute Gasteiger partial charge is 0.348 e. The molecule has 11 heavy (non-hydrogen) atoms. The molecule has 0 bridgehead atoms. The van der Waals surface area contributed by atoms with E-state index in [0.29, 0.717) is 16.6 Å². The predicted octanol–water partition coefficient (Wildman–Crippen LogP) is 2.66. The Morgan fingerprint density at radius 3 is 2.55 bits per heavy atom. The molecule has 0 atom stereocenters. The van der Waals surface area contributed by atoms with Crippen LogP contribution in [0.4, 0.5) is 0 Å². The van der Waals surface area contributed by atoms with E-state index < -0.39 is 0 Å². The zero-order valence-electron chi connectivity index (χ0n) is 6.48. The molecular formula is C8H9ClN2. The Morgan fingerprint density at radius 2 is 2.27 bits per heavy atom. The van der Waals surface area contributed by atoms with Crippen LogP contribution in [0.2, 0.25) is 5.15 Å². The fourth-order valence-corrected chi connectivity index (χ4v) is 1.05. The minimum Gasteiger partial charge on any atom is -0.348 e. The maximum Gasteiger partial charge on any atom is 0.124 e. The quantitative estimate of drug-likeness (QED) is 0.688. The van der Waals surface area contributed by atoms with Gasteiger partial charge in [-0.3, -0.25) is 0 Å². The highest BCUT2D eigenvalue weighted by atomic mass is 35.5. The summed E-state index contributed by atoms with van der Waals surface area (Å²) in [5.74, 6) is 0.384. The Labute approximate surface area is 70.8 Å². The molecule has 58 valence electrons. The summed E-state index contributed by atoms with van der Waals surface area (Å²) in [5, 5.41) is 9.00. The average molecular weight is 169 g/mol. The van der Waals surface area contributed by atoms with E-state index >= 15 is 0 Å². The highest BCUT2D eigenvalue weighted by Gasteiger charge is 2.07. The Bertz CT molecular complexity index is 294. The van der Waals surface area contributed by atoms with Crippen LogP contribution in [0.5, 0.6) is 0 Å². The normalized spacial score (nSPS) is 10.1. The standard InChI is InChI=1S/C8H9ClN2/c1-5(2)7-3-6(4-10)8(9)11-7/h3,5,11H,1-2H3. The first kappa shape index (κ1) is 8.16. The Hall–Kier alpha value is -0.940. The molecule has 1 N–H and O–H groups in total. The van der Waals surface area contributed by atoms with Crippen molar-refractivity contribution in [1.29, 1.82) is 5.26 Å². The molecule has 2 nitrogen and oxygen atoms in total. The number of aromatic nitrogens is 1. The van der Waals surface area contributed by atoms with E-state index in [0.717, 1.165) is 5.69 Å². The van der Waals surface area contributed by atoms with Gasteiger partial charge < -0.3 is 4.98 Å². The molecule has 0 aromatic carbocycles. The zero-order chi connectivity index (χ0) is 8.43. The summed E-state index contributed by atoms with van der Waals surface area (Å²) < 4.78 is 0. The number of hydrogen-bond acceptors (Lipinski definition) is 1. The summed E-state index contributed by atoms with van der Waals surface area (Å²) in [6, 6.07) is 3.79. The maximum atomic E-state index is 8.56. The van der Waals surface area contributed by atoms with E-state index in [1.807, 2.05) is 19.9 Å². The van der Waals surface area contributed by atoms with E-state index in [1.165, 1.54) is 0 Å². The molecule has 0 saturated heterocycles. The van der Waals surface area contributed by atoms with Gasteiger partial charge in [-0.15, -0.1) is 0 Å². The Balaban J connectivity index is 3.07. The zero-order valence-corrected chi connectivity index (χ0v) is 7.24. The summed E-state index contributed by atoms with van der Waals surface area (Å²) in [7, 11) is 0. The van der Waals surface area contributed by atoms with E-state index in [2.05, 4.69) is 4.98 Å².